The lowest BCUT2D eigenvalue weighted by Crippen LogP contribution is -2.32. The molecule has 0 aliphatic carbocycles. The van der Waals surface area contributed by atoms with Gasteiger partial charge in [-0.05, 0) is 44.7 Å². The van der Waals surface area contributed by atoms with Crippen molar-refractivity contribution in [1.29, 1.82) is 0 Å². The Kier molecular flexibility index (Phi) is 9.69. The minimum absolute atomic E-state index is 0. The van der Waals surface area contributed by atoms with E-state index >= 15 is 0 Å². The Balaban J connectivity index is 0.00000289. The summed E-state index contributed by atoms with van der Waals surface area (Å²) in [6, 6.07) is 0. The topological polar surface area (TPSA) is 78.4 Å². The molecule has 6 heteroatoms. The molecule has 0 atom stereocenters. The molecule has 1 fully saturated rings. The minimum Gasteiger partial charge on any atom is -0.481 e. The number of halogens is 1. The maximum absolute atomic E-state index is 11.6. The van der Waals surface area contributed by atoms with Gasteiger partial charge in [-0.2, -0.15) is 0 Å². The third-order valence-electron chi connectivity index (χ3n) is 3.07. The number of aliphatic carboxylic acids is 1. The highest BCUT2D eigenvalue weighted by molar-refractivity contribution is 5.85. The average molecular weight is 279 g/mol. The lowest BCUT2D eigenvalue weighted by atomic mass is 9.94. The quantitative estimate of drug-likeness (QED) is 0.611. The number of carbonyl (C=O) groups excluding carboxylic acids is 1. The normalized spacial score (nSPS) is 15.8. The molecule has 1 aliphatic heterocycles. The molecule has 3 N–H and O–H groups in total. The Morgan fingerprint density at radius 1 is 1.22 bits per heavy atom. The Hall–Kier alpha value is -0.810. The Labute approximate surface area is 114 Å². The van der Waals surface area contributed by atoms with Crippen LogP contribution in [0.5, 0.6) is 0 Å². The van der Waals surface area contributed by atoms with Gasteiger partial charge in [-0.25, -0.2) is 0 Å². The van der Waals surface area contributed by atoms with Crippen LogP contribution in [0, 0.1) is 5.92 Å². The van der Waals surface area contributed by atoms with Crippen molar-refractivity contribution in [3.8, 4) is 0 Å². The maximum atomic E-state index is 11.6. The van der Waals surface area contributed by atoms with E-state index in [2.05, 4.69) is 10.6 Å². The van der Waals surface area contributed by atoms with E-state index in [9.17, 15) is 9.59 Å². The molecule has 0 saturated carbocycles. The number of hydrogen-bond donors (Lipinski definition) is 3. The van der Waals surface area contributed by atoms with Gasteiger partial charge in [0.1, 0.15) is 0 Å². The summed E-state index contributed by atoms with van der Waals surface area (Å²) in [5, 5.41) is 14.6. The lowest BCUT2D eigenvalue weighted by molar-refractivity contribution is -0.137. The van der Waals surface area contributed by atoms with Crippen LogP contribution >= 0.6 is 12.4 Å². The van der Waals surface area contributed by atoms with Crippen molar-refractivity contribution >= 4 is 24.3 Å². The molecule has 0 bridgehead atoms. The summed E-state index contributed by atoms with van der Waals surface area (Å²) < 4.78 is 0. The molecule has 0 aromatic carbocycles. The smallest absolute Gasteiger partial charge is 0.303 e. The van der Waals surface area contributed by atoms with Crippen LogP contribution in [0.1, 0.15) is 38.5 Å². The highest BCUT2D eigenvalue weighted by Gasteiger charge is 2.16. The van der Waals surface area contributed by atoms with Crippen molar-refractivity contribution in [1.82, 2.24) is 10.6 Å². The zero-order valence-electron chi connectivity index (χ0n) is 10.6. The first-order valence-electron chi connectivity index (χ1n) is 6.37. The van der Waals surface area contributed by atoms with Crippen LogP contribution in [0.3, 0.4) is 0 Å². The number of piperidine rings is 1. The predicted octanol–water partition coefficient (Wildman–Crippen LogP) is 1.17. The molecule has 1 aliphatic rings. The van der Waals surface area contributed by atoms with Crippen LogP contribution in [0.15, 0.2) is 0 Å². The number of hydrogen-bond acceptors (Lipinski definition) is 3. The van der Waals surface area contributed by atoms with E-state index in [1.165, 1.54) is 0 Å². The molecule has 106 valence electrons. The van der Waals surface area contributed by atoms with Crippen molar-refractivity contribution in [3.05, 3.63) is 0 Å². The van der Waals surface area contributed by atoms with Gasteiger partial charge in [-0.3, -0.25) is 9.59 Å². The van der Waals surface area contributed by atoms with Crippen molar-refractivity contribution in [2.24, 2.45) is 5.92 Å². The maximum Gasteiger partial charge on any atom is 0.303 e. The van der Waals surface area contributed by atoms with Crippen LogP contribution in [0.4, 0.5) is 0 Å². The fraction of sp³-hybridized carbons (Fsp3) is 0.833. The number of carboxylic acids is 1. The second-order valence-corrected chi connectivity index (χ2v) is 4.60. The van der Waals surface area contributed by atoms with E-state index in [0.717, 1.165) is 32.4 Å². The summed E-state index contributed by atoms with van der Waals surface area (Å²) in [5.41, 5.74) is 0. The van der Waals surface area contributed by atoms with E-state index in [0.29, 0.717) is 25.3 Å². The second kappa shape index (κ2) is 10.1. The Bertz CT molecular complexity index is 256. The number of unbranched alkanes of at least 4 members (excludes halogenated alkanes) is 1. The average Bonchev–Trinajstić information content (AvgIpc) is 2.29. The predicted molar refractivity (Wildman–Crippen MR) is 72.0 cm³/mol. The molecule has 18 heavy (non-hydrogen) atoms. The van der Waals surface area contributed by atoms with Gasteiger partial charge in [0.2, 0.25) is 5.91 Å². The molecule has 0 spiro atoms. The third-order valence-corrected chi connectivity index (χ3v) is 3.07. The van der Waals surface area contributed by atoms with Crippen LogP contribution in [0.25, 0.3) is 0 Å². The van der Waals surface area contributed by atoms with Gasteiger partial charge in [0, 0.05) is 19.4 Å². The molecule has 0 unspecified atom stereocenters. The molecule has 0 aromatic rings. The number of amides is 1. The molecular weight excluding hydrogens is 256 g/mol. The van der Waals surface area contributed by atoms with E-state index < -0.39 is 5.97 Å². The van der Waals surface area contributed by atoms with E-state index in [-0.39, 0.29) is 24.7 Å². The van der Waals surface area contributed by atoms with Gasteiger partial charge in [0.25, 0.3) is 0 Å². The minimum atomic E-state index is -0.772. The zero-order chi connectivity index (χ0) is 12.5. The van der Waals surface area contributed by atoms with E-state index in [1.807, 2.05) is 0 Å². The molecular formula is C12H23ClN2O3. The van der Waals surface area contributed by atoms with Crippen molar-refractivity contribution < 1.29 is 14.7 Å². The molecule has 0 aromatic heterocycles. The standard InChI is InChI=1S/C12H22N2O3.ClH/c15-11(9-10-4-7-13-8-5-10)14-6-2-1-3-12(16)17;/h10,13H,1-9H2,(H,14,15)(H,16,17);1H. The number of nitrogens with one attached hydrogen (secondary N) is 2. The monoisotopic (exact) mass is 278 g/mol. The number of carboxylic acid groups (broad SMARTS) is 1. The van der Waals surface area contributed by atoms with Gasteiger partial charge in [0.05, 0.1) is 0 Å². The van der Waals surface area contributed by atoms with Gasteiger partial charge >= 0.3 is 5.97 Å². The van der Waals surface area contributed by atoms with E-state index in [1.54, 1.807) is 0 Å². The first-order valence-corrected chi connectivity index (χ1v) is 6.37. The van der Waals surface area contributed by atoms with Gasteiger partial charge in [0.15, 0.2) is 0 Å². The summed E-state index contributed by atoms with van der Waals surface area (Å²) >= 11 is 0. The molecule has 0 radical (unpaired) electrons. The molecule has 1 amide bonds. The first kappa shape index (κ1) is 17.2. The summed E-state index contributed by atoms with van der Waals surface area (Å²) in [5.74, 6) is -0.159. The molecule has 1 heterocycles. The Morgan fingerprint density at radius 2 is 1.89 bits per heavy atom. The SMILES string of the molecule is Cl.O=C(O)CCCCNC(=O)CC1CCNCC1. The number of carbonyl (C=O) groups is 2. The van der Waals surface area contributed by atoms with E-state index in [4.69, 9.17) is 5.11 Å². The van der Waals surface area contributed by atoms with Crippen molar-refractivity contribution in [2.75, 3.05) is 19.6 Å². The fourth-order valence-electron chi connectivity index (χ4n) is 2.05. The summed E-state index contributed by atoms with van der Waals surface area (Å²) in [4.78, 5) is 21.8. The summed E-state index contributed by atoms with van der Waals surface area (Å²) in [7, 11) is 0. The lowest BCUT2D eigenvalue weighted by Gasteiger charge is -2.21. The molecule has 1 rings (SSSR count). The largest absolute Gasteiger partial charge is 0.481 e. The van der Waals surface area contributed by atoms with Crippen LogP contribution < -0.4 is 10.6 Å². The highest BCUT2D eigenvalue weighted by atomic mass is 35.5. The highest BCUT2D eigenvalue weighted by Crippen LogP contribution is 2.15. The molecule has 5 nitrogen and oxygen atoms in total. The van der Waals surface area contributed by atoms with Gasteiger partial charge in [-0.1, -0.05) is 0 Å². The Morgan fingerprint density at radius 3 is 2.50 bits per heavy atom. The third kappa shape index (κ3) is 8.31. The summed E-state index contributed by atoms with van der Waals surface area (Å²) in [6.45, 7) is 2.62. The number of rotatable bonds is 7. The first-order chi connectivity index (χ1) is 8.18. The fourth-order valence-corrected chi connectivity index (χ4v) is 2.05. The van der Waals surface area contributed by atoms with Crippen LogP contribution in [-0.4, -0.2) is 36.6 Å². The summed E-state index contributed by atoms with van der Waals surface area (Å²) in [6.07, 6.45) is 4.32. The molecule has 1 saturated heterocycles. The van der Waals surface area contributed by atoms with Crippen LogP contribution in [-0.2, 0) is 9.59 Å². The van der Waals surface area contributed by atoms with Gasteiger partial charge in [-0.15, -0.1) is 12.4 Å². The zero-order valence-corrected chi connectivity index (χ0v) is 11.4. The van der Waals surface area contributed by atoms with Gasteiger partial charge < -0.3 is 15.7 Å². The van der Waals surface area contributed by atoms with Crippen LogP contribution in [0.2, 0.25) is 0 Å². The van der Waals surface area contributed by atoms with Crippen molar-refractivity contribution in [3.63, 3.8) is 0 Å². The van der Waals surface area contributed by atoms with Crippen molar-refractivity contribution in [2.45, 2.75) is 38.5 Å². The second-order valence-electron chi connectivity index (χ2n) is 4.60.